The number of hydrogen-bond acceptors (Lipinski definition) is 5. The first kappa shape index (κ1) is 41.2. The molecule has 0 unspecified atom stereocenters. The Morgan fingerprint density at radius 1 is 0.765 bits per heavy atom. The van der Waals surface area contributed by atoms with Crippen LogP contribution in [-0.2, 0) is 17.4 Å². The molecule has 0 saturated heterocycles. The van der Waals surface area contributed by atoms with Crippen molar-refractivity contribution in [1.29, 1.82) is 0 Å². The fourth-order valence-electron chi connectivity index (χ4n) is 6.01. The van der Waals surface area contributed by atoms with Gasteiger partial charge in [-0.25, -0.2) is 4.98 Å². The average Bonchev–Trinajstić information content (AvgIpc) is 3.10. The summed E-state index contributed by atoms with van der Waals surface area (Å²) >= 11 is 0. The normalized spacial score (nSPS) is 11.2. The van der Waals surface area contributed by atoms with Gasteiger partial charge in [-0.3, -0.25) is 4.79 Å². The minimum absolute atomic E-state index is 0.296. The van der Waals surface area contributed by atoms with Crippen molar-refractivity contribution in [3.8, 4) is 11.5 Å². The Bertz CT molecular complexity index is 1580. The van der Waals surface area contributed by atoms with Crippen molar-refractivity contribution >= 4 is 28.2 Å². The number of nitrogens with zero attached hydrogens (tertiary/aromatic N) is 1. The summed E-state index contributed by atoms with van der Waals surface area (Å²) in [4.78, 5) is 14.5. The van der Waals surface area contributed by atoms with Crippen molar-refractivity contribution < 1.29 is 27.8 Å². The molecule has 0 aliphatic rings. The number of hydrogen-bond donors (Lipinski definition) is 3. The number of carboxylic acids is 1. The van der Waals surface area contributed by atoms with E-state index in [1.165, 1.54) is 92.7 Å². The van der Waals surface area contributed by atoms with Gasteiger partial charge in [-0.1, -0.05) is 114 Å². The van der Waals surface area contributed by atoms with Crippen molar-refractivity contribution in [2.75, 3.05) is 17.6 Å². The van der Waals surface area contributed by atoms with Crippen molar-refractivity contribution in [1.82, 2.24) is 4.98 Å². The van der Waals surface area contributed by atoms with Crippen LogP contribution in [-0.4, -0.2) is 22.6 Å². The van der Waals surface area contributed by atoms with Crippen LogP contribution < -0.4 is 15.8 Å². The monoisotopic (exact) mass is 707 g/mol. The van der Waals surface area contributed by atoms with Crippen LogP contribution in [0.3, 0.4) is 0 Å². The zero-order valence-corrected chi connectivity index (χ0v) is 30.2. The molecule has 51 heavy (non-hydrogen) atoms. The summed E-state index contributed by atoms with van der Waals surface area (Å²) in [7, 11) is 0. The number of aryl methyl sites for hydroxylation is 1. The number of carbonyl (C=O) groups is 1. The Balaban J connectivity index is 0.000000295. The highest BCUT2D eigenvalue weighted by Gasteiger charge is 2.30. The first-order chi connectivity index (χ1) is 24.7. The molecule has 0 spiro atoms. The molecule has 0 bridgehead atoms. The van der Waals surface area contributed by atoms with E-state index in [1.54, 1.807) is 24.4 Å². The largest absolute Gasteiger partial charge is 0.481 e. The van der Waals surface area contributed by atoms with Crippen LogP contribution in [0.2, 0.25) is 0 Å². The second kappa shape index (κ2) is 23.3. The molecule has 0 radical (unpaired) electrons. The molecule has 4 aromatic rings. The van der Waals surface area contributed by atoms with Crippen molar-refractivity contribution in [3.05, 3.63) is 90.1 Å². The number of benzene rings is 3. The number of aliphatic carboxylic acids is 1. The summed E-state index contributed by atoms with van der Waals surface area (Å²) in [6, 6.07) is 21.5. The van der Waals surface area contributed by atoms with E-state index < -0.39 is 17.7 Å². The topological polar surface area (TPSA) is 97.5 Å². The number of nitrogens with two attached hydrogens (primary N) is 1. The molecule has 4 N–H and O–H groups in total. The molecule has 0 amide bonds. The van der Waals surface area contributed by atoms with Gasteiger partial charge in [0.2, 0.25) is 0 Å². The van der Waals surface area contributed by atoms with Crippen LogP contribution >= 0.6 is 0 Å². The van der Waals surface area contributed by atoms with Crippen LogP contribution in [0.1, 0.15) is 121 Å². The number of alkyl halides is 3. The molecule has 1 aromatic heterocycles. The number of rotatable bonds is 22. The molecule has 0 aliphatic heterocycles. The molecule has 9 heteroatoms. The summed E-state index contributed by atoms with van der Waals surface area (Å²) < 4.78 is 43.6. The highest BCUT2D eigenvalue weighted by Crippen LogP contribution is 2.31. The molecule has 0 saturated carbocycles. The number of ether oxygens (including phenoxy) is 1. The third-order valence-electron chi connectivity index (χ3n) is 8.82. The molecule has 0 atom stereocenters. The quantitative estimate of drug-likeness (QED) is 0.0704. The smallest absolute Gasteiger partial charge is 0.416 e. The second-order valence-electron chi connectivity index (χ2n) is 13.2. The number of halogens is 3. The average molecular weight is 708 g/mol. The van der Waals surface area contributed by atoms with Gasteiger partial charge in [0.25, 0.3) is 0 Å². The van der Waals surface area contributed by atoms with Gasteiger partial charge in [-0.2, -0.15) is 13.2 Å². The van der Waals surface area contributed by atoms with E-state index in [4.69, 9.17) is 15.6 Å². The van der Waals surface area contributed by atoms with Gasteiger partial charge in [-0.15, -0.1) is 0 Å². The number of pyridine rings is 1. The first-order valence-electron chi connectivity index (χ1n) is 18.7. The summed E-state index contributed by atoms with van der Waals surface area (Å²) in [5.74, 6) is 1.22. The number of fused-ring (bicyclic) bond motifs is 1. The van der Waals surface area contributed by atoms with E-state index in [0.717, 1.165) is 56.9 Å². The highest BCUT2D eigenvalue weighted by molar-refractivity contribution is 5.87. The van der Waals surface area contributed by atoms with Gasteiger partial charge in [0.15, 0.2) is 0 Å². The Morgan fingerprint density at radius 3 is 2.10 bits per heavy atom. The molecule has 4 rings (SSSR count). The number of carboxylic acid groups (broad SMARTS) is 1. The fraction of sp³-hybridized carbons (Fsp3) is 0.476. The van der Waals surface area contributed by atoms with Gasteiger partial charge in [0.1, 0.15) is 17.3 Å². The highest BCUT2D eigenvalue weighted by atomic mass is 19.4. The third-order valence-corrected chi connectivity index (χ3v) is 8.82. The number of aromatic nitrogens is 1. The van der Waals surface area contributed by atoms with Gasteiger partial charge in [0.05, 0.1) is 5.56 Å². The summed E-state index contributed by atoms with van der Waals surface area (Å²) in [6.45, 7) is 2.94. The number of anilines is 2. The molecular formula is C42H56F3N3O3. The van der Waals surface area contributed by atoms with Gasteiger partial charge in [0, 0.05) is 30.9 Å². The Morgan fingerprint density at radius 2 is 1.41 bits per heavy atom. The van der Waals surface area contributed by atoms with E-state index in [9.17, 15) is 18.0 Å². The molecule has 0 fully saturated rings. The molecule has 6 nitrogen and oxygen atoms in total. The Hall–Kier alpha value is -4.27. The van der Waals surface area contributed by atoms with Gasteiger partial charge in [-0.05, 0) is 78.4 Å². The van der Waals surface area contributed by atoms with Gasteiger partial charge >= 0.3 is 12.1 Å². The summed E-state index contributed by atoms with van der Waals surface area (Å²) in [5, 5.41) is 14.2. The lowest BCUT2D eigenvalue weighted by Crippen LogP contribution is -2.07. The predicted octanol–water partition coefficient (Wildman–Crippen LogP) is 12.6. The fourth-order valence-corrected chi connectivity index (χ4v) is 6.01. The minimum atomic E-state index is -4.27. The lowest BCUT2D eigenvalue weighted by Gasteiger charge is -2.10. The minimum Gasteiger partial charge on any atom is -0.481 e. The maximum Gasteiger partial charge on any atom is 0.416 e. The van der Waals surface area contributed by atoms with Crippen LogP contribution in [0, 0.1) is 0 Å². The van der Waals surface area contributed by atoms with E-state index in [0.29, 0.717) is 23.7 Å². The first-order valence-corrected chi connectivity index (χ1v) is 18.7. The standard InChI is InChI=1S/C25H30N2O3.C17H26F3N/c26-24-18-22(15-16-27-24)30-21-13-14-23-19(10-8-11-20(23)17-21)9-6-4-2-1-3-5-7-12-25(28)29;1-2-3-4-5-6-7-8-9-13-21-16-12-10-11-15(14-16)17(18,19)20/h8,10-11,13-18H,1-7,9,12H2,(H2,26,27)(H,28,29);10-12,14,21H,2-9,13H2,1H3. The third kappa shape index (κ3) is 17.0. The zero-order valence-electron chi connectivity index (χ0n) is 30.2. The summed E-state index contributed by atoms with van der Waals surface area (Å²) in [5.41, 5.74) is 7.04. The summed E-state index contributed by atoms with van der Waals surface area (Å²) in [6.07, 6.45) is 16.3. The van der Waals surface area contributed by atoms with Crippen molar-refractivity contribution in [2.45, 2.75) is 122 Å². The van der Waals surface area contributed by atoms with E-state index >= 15 is 0 Å². The van der Waals surface area contributed by atoms with E-state index in [-0.39, 0.29) is 0 Å². The number of nitrogen functional groups attached to an aromatic ring is 1. The maximum absolute atomic E-state index is 12.6. The number of nitrogens with one attached hydrogen (secondary N) is 1. The molecule has 1 heterocycles. The zero-order chi connectivity index (χ0) is 36.7. The van der Waals surface area contributed by atoms with Gasteiger partial charge < -0.3 is 20.9 Å². The molecule has 3 aromatic carbocycles. The Kier molecular flexibility index (Phi) is 18.8. The number of unbranched alkanes of at least 4 members (excludes halogenated alkanes) is 13. The molecule has 278 valence electrons. The van der Waals surface area contributed by atoms with Crippen LogP contribution in [0.4, 0.5) is 24.7 Å². The van der Waals surface area contributed by atoms with E-state index in [2.05, 4.69) is 47.6 Å². The van der Waals surface area contributed by atoms with Crippen LogP contribution in [0.25, 0.3) is 10.8 Å². The lowest BCUT2D eigenvalue weighted by molar-refractivity contribution is -0.138. The van der Waals surface area contributed by atoms with Crippen molar-refractivity contribution in [2.24, 2.45) is 0 Å². The van der Waals surface area contributed by atoms with Crippen LogP contribution in [0.5, 0.6) is 11.5 Å². The predicted molar refractivity (Wildman–Crippen MR) is 203 cm³/mol. The maximum atomic E-state index is 12.6. The van der Waals surface area contributed by atoms with Crippen LogP contribution in [0.15, 0.2) is 79.0 Å². The SMILES string of the molecule is CCCCCCCCCCNc1cccc(C(F)(F)F)c1.Nc1cc(Oc2ccc3c(CCCCCCCCCC(=O)O)cccc3c2)ccn1. The molecular weight excluding hydrogens is 651 g/mol. The van der Waals surface area contributed by atoms with Crippen molar-refractivity contribution in [3.63, 3.8) is 0 Å². The molecule has 0 aliphatic carbocycles. The Labute approximate surface area is 302 Å². The lowest BCUT2D eigenvalue weighted by atomic mass is 9.99. The van der Waals surface area contributed by atoms with E-state index in [1.807, 2.05) is 6.07 Å². The second-order valence-corrected chi connectivity index (χ2v) is 13.2.